The van der Waals surface area contributed by atoms with Gasteiger partial charge in [-0.05, 0) is 100 Å². The summed E-state index contributed by atoms with van der Waals surface area (Å²) < 4.78 is 15.7. The van der Waals surface area contributed by atoms with Crippen molar-refractivity contribution < 1.29 is 8.83 Å². The fourth-order valence-electron chi connectivity index (χ4n) is 9.15. The maximum Gasteiger partial charge on any atom is 0.161 e. The van der Waals surface area contributed by atoms with E-state index >= 15 is 0 Å². The van der Waals surface area contributed by atoms with E-state index in [1.54, 1.807) is 0 Å². The lowest BCUT2D eigenvalue weighted by molar-refractivity contribution is 0.559. The second-order valence-electron chi connectivity index (χ2n) is 20.5. The van der Waals surface area contributed by atoms with Crippen molar-refractivity contribution in [2.45, 2.75) is 85.5 Å². The van der Waals surface area contributed by atoms with Gasteiger partial charge in [-0.1, -0.05) is 154 Å². The largest absolute Gasteiger partial charge is 0.456 e. The molecule has 7 aromatic carbocycles. The van der Waals surface area contributed by atoms with Crippen LogP contribution in [0.15, 0.2) is 165 Å². The van der Waals surface area contributed by atoms with Crippen LogP contribution in [0.2, 0.25) is 0 Å². The Hall–Kier alpha value is -6.98. The van der Waals surface area contributed by atoms with E-state index in [1.165, 1.54) is 22.1 Å². The Kier molecular flexibility index (Phi) is 9.50. The molecule has 0 saturated carbocycles. The van der Waals surface area contributed by atoms with Crippen LogP contribution in [0.3, 0.4) is 0 Å². The number of fused-ring (bicyclic) bond motifs is 9. The Morgan fingerprint density at radius 1 is 0.484 bits per heavy atom. The molecule has 0 unspecified atom stereocenters. The first-order valence-corrected chi connectivity index (χ1v) is 22.3. The van der Waals surface area contributed by atoms with E-state index in [0.717, 1.165) is 88.4 Å². The number of furan rings is 2. The molecule has 3 aromatic heterocycles. The highest BCUT2D eigenvalue weighted by Gasteiger charge is 2.28. The number of hydrogen-bond acceptors (Lipinski definition) is 3. The van der Waals surface area contributed by atoms with E-state index in [0.29, 0.717) is 11.5 Å². The maximum atomic E-state index is 7.12. The summed E-state index contributed by atoms with van der Waals surface area (Å²) in [7, 11) is 0. The Morgan fingerprint density at radius 3 is 1.83 bits per heavy atom. The van der Waals surface area contributed by atoms with Gasteiger partial charge < -0.3 is 8.83 Å². The Morgan fingerprint density at radius 2 is 1.11 bits per heavy atom. The van der Waals surface area contributed by atoms with Crippen LogP contribution in [-0.2, 0) is 16.2 Å². The van der Waals surface area contributed by atoms with E-state index < -0.39 is 0 Å². The molecule has 0 N–H and O–H groups in total. The number of aromatic nitrogens is 1. The molecule has 318 valence electrons. The van der Waals surface area contributed by atoms with Gasteiger partial charge in [-0.3, -0.25) is 4.57 Å². The first-order valence-electron chi connectivity index (χ1n) is 22.3. The number of para-hydroxylation sites is 2. The van der Waals surface area contributed by atoms with Crippen LogP contribution in [-0.4, -0.2) is 16.2 Å². The fourth-order valence-corrected chi connectivity index (χ4v) is 9.15. The Bertz CT molecular complexity index is 3570. The molecule has 0 amide bonds. The van der Waals surface area contributed by atoms with Gasteiger partial charge in [0, 0.05) is 49.0 Å². The average molecular weight is 838 g/mol. The van der Waals surface area contributed by atoms with Crippen molar-refractivity contribution in [3.8, 4) is 11.1 Å². The van der Waals surface area contributed by atoms with E-state index in [9.17, 15) is 0 Å². The lowest BCUT2D eigenvalue weighted by atomic mass is 9.79. The summed E-state index contributed by atoms with van der Waals surface area (Å²) in [6.07, 6.45) is 0. The van der Waals surface area contributed by atoms with Crippen molar-refractivity contribution in [2.24, 2.45) is 9.98 Å². The van der Waals surface area contributed by atoms with Crippen molar-refractivity contribution in [1.82, 2.24) is 4.57 Å². The molecule has 0 fully saturated rings. The molecule has 0 aliphatic carbocycles. The number of hydrogen-bond donors (Lipinski definition) is 0. The van der Waals surface area contributed by atoms with Crippen molar-refractivity contribution in [1.29, 1.82) is 0 Å². The van der Waals surface area contributed by atoms with Gasteiger partial charge in [-0.2, -0.15) is 0 Å². The molecule has 0 saturated heterocycles. The van der Waals surface area contributed by atoms with Crippen molar-refractivity contribution in [3.05, 3.63) is 174 Å². The number of nitrogens with zero attached hydrogens (tertiary/aromatic N) is 3. The zero-order chi connectivity index (χ0) is 44.9. The molecule has 0 atom stereocenters. The molecule has 0 spiro atoms. The Balaban J connectivity index is 1.17. The molecule has 64 heavy (non-hydrogen) atoms. The minimum Gasteiger partial charge on any atom is -0.456 e. The van der Waals surface area contributed by atoms with Crippen LogP contribution < -0.4 is 0 Å². The fraction of sp³-hybridized carbons (Fsp3) is 0.220. The number of benzene rings is 7. The molecule has 0 aliphatic rings. The first-order chi connectivity index (χ1) is 30.4. The number of rotatable bonds is 4. The van der Waals surface area contributed by atoms with Gasteiger partial charge in [-0.15, -0.1) is 0 Å². The molecule has 3 heterocycles. The van der Waals surface area contributed by atoms with Gasteiger partial charge in [-0.25, -0.2) is 9.98 Å². The van der Waals surface area contributed by atoms with Gasteiger partial charge in [0.2, 0.25) is 0 Å². The van der Waals surface area contributed by atoms with Crippen molar-refractivity contribution >= 4 is 83.1 Å². The summed E-state index contributed by atoms with van der Waals surface area (Å²) in [5.41, 5.74) is 13.8. The molecule has 10 rings (SSSR count). The van der Waals surface area contributed by atoms with E-state index in [4.69, 9.17) is 18.8 Å². The summed E-state index contributed by atoms with van der Waals surface area (Å²) in [5.74, 6) is 1.33. The maximum absolute atomic E-state index is 7.12. The smallest absolute Gasteiger partial charge is 0.161 e. The molecular formula is C59H55N3O2. The highest BCUT2D eigenvalue weighted by atomic mass is 16.3. The third-order valence-electron chi connectivity index (χ3n) is 12.8. The van der Waals surface area contributed by atoms with Crippen LogP contribution in [0.25, 0.3) is 82.5 Å². The minimum atomic E-state index is -0.111. The van der Waals surface area contributed by atoms with Gasteiger partial charge in [0.1, 0.15) is 28.2 Å². The van der Waals surface area contributed by atoms with Crippen LogP contribution >= 0.6 is 0 Å². The highest BCUT2D eigenvalue weighted by molar-refractivity contribution is 6.19. The quantitative estimate of drug-likeness (QED) is 0.131. The predicted molar refractivity (Wildman–Crippen MR) is 272 cm³/mol. The number of amidine groups is 1. The van der Waals surface area contributed by atoms with Crippen molar-refractivity contribution in [2.75, 3.05) is 0 Å². The minimum absolute atomic E-state index is 0.0203. The molecule has 0 bridgehead atoms. The Labute approximate surface area is 375 Å². The zero-order valence-electron chi connectivity index (χ0n) is 38.6. The van der Waals surface area contributed by atoms with E-state index in [1.807, 2.05) is 54.6 Å². The summed E-state index contributed by atoms with van der Waals surface area (Å²) >= 11 is 0. The number of aliphatic imine (C=N–C) groups is 2. The van der Waals surface area contributed by atoms with E-state index in [-0.39, 0.29) is 16.2 Å². The first kappa shape index (κ1) is 41.1. The van der Waals surface area contributed by atoms with Gasteiger partial charge in [0.05, 0.1) is 16.7 Å². The standard InChI is InChI=1S/C59H55N3O2/c1-35(37-19-13-12-14-20-37)60-56(39-25-27-44-43-22-16-18-24-52(43)63-53(44)30-39)61-36(2)62-50-23-17-15-21-42(50)46-29-38(26-28-51(46)62)45-31-40(57(3,4)5)32-47-48-33-41(58(6,7)8)34-49(59(9,10)11)55(48)64-54(45)47/h12-34H,1H2,2-11H3. The van der Waals surface area contributed by atoms with Crippen LogP contribution in [0.5, 0.6) is 0 Å². The average Bonchev–Trinajstić information content (AvgIpc) is 3.94. The zero-order valence-corrected chi connectivity index (χ0v) is 38.6. The van der Waals surface area contributed by atoms with E-state index in [2.05, 4.69) is 165 Å². The summed E-state index contributed by atoms with van der Waals surface area (Å²) in [6, 6.07) is 49.3. The molecular weight excluding hydrogens is 783 g/mol. The molecule has 10 aromatic rings. The SMILES string of the molecule is C=C(N=C(N=C(C)n1c2ccccc2c2cc(-c3cc(C(C)(C)C)cc4c3oc3c(C(C)(C)C)cc(C(C)(C)C)cc34)ccc21)c1ccc2c(c1)oc1ccccc12)c1ccccc1. The third-order valence-corrected chi connectivity index (χ3v) is 12.8. The second-order valence-corrected chi connectivity index (χ2v) is 20.5. The predicted octanol–water partition coefficient (Wildman–Crippen LogP) is 16.5. The van der Waals surface area contributed by atoms with Gasteiger partial charge in [0.25, 0.3) is 0 Å². The normalized spacial score (nSPS) is 13.4. The molecule has 5 nitrogen and oxygen atoms in total. The van der Waals surface area contributed by atoms with Crippen LogP contribution in [0.4, 0.5) is 0 Å². The lowest BCUT2D eigenvalue weighted by Gasteiger charge is -2.25. The summed E-state index contributed by atoms with van der Waals surface area (Å²) in [6.45, 7) is 27.1. The topological polar surface area (TPSA) is 55.9 Å². The summed E-state index contributed by atoms with van der Waals surface area (Å²) in [5, 5.41) is 6.74. The highest BCUT2D eigenvalue weighted by Crippen LogP contribution is 2.45. The van der Waals surface area contributed by atoms with Gasteiger partial charge in [0.15, 0.2) is 5.84 Å². The van der Waals surface area contributed by atoms with Crippen LogP contribution in [0.1, 0.15) is 97.1 Å². The third kappa shape index (κ3) is 7.04. The molecule has 5 heteroatoms. The van der Waals surface area contributed by atoms with Crippen LogP contribution in [0, 0.1) is 0 Å². The molecule has 0 radical (unpaired) electrons. The molecule has 0 aliphatic heterocycles. The van der Waals surface area contributed by atoms with Crippen molar-refractivity contribution in [3.63, 3.8) is 0 Å². The van der Waals surface area contributed by atoms with Gasteiger partial charge >= 0.3 is 0 Å². The second kappa shape index (κ2) is 14.8. The monoisotopic (exact) mass is 837 g/mol. The summed E-state index contributed by atoms with van der Waals surface area (Å²) in [4.78, 5) is 10.5. The lowest BCUT2D eigenvalue weighted by Crippen LogP contribution is -2.16.